The van der Waals surface area contributed by atoms with Crippen LogP contribution < -0.4 is 9.47 Å². The summed E-state index contributed by atoms with van der Waals surface area (Å²) < 4.78 is 10.5. The number of hydrogen-bond donors (Lipinski definition) is 1. The molecule has 0 aliphatic carbocycles. The summed E-state index contributed by atoms with van der Waals surface area (Å²) in [5, 5.41) is 13.0. The van der Waals surface area contributed by atoms with Gasteiger partial charge in [-0.15, -0.1) is 0 Å². The van der Waals surface area contributed by atoms with Crippen LogP contribution in [0.3, 0.4) is 0 Å². The van der Waals surface area contributed by atoms with Crippen LogP contribution in [-0.2, 0) is 6.61 Å². The number of thiophene rings is 1. The van der Waals surface area contributed by atoms with Crippen molar-refractivity contribution in [1.29, 1.82) is 0 Å². The van der Waals surface area contributed by atoms with E-state index >= 15 is 0 Å². The first kappa shape index (κ1) is 12.4. The quantitative estimate of drug-likeness (QED) is 0.901. The first-order chi connectivity index (χ1) is 8.70. The molecule has 1 aromatic heterocycles. The molecule has 2 rings (SSSR count). The molecule has 4 nitrogen and oxygen atoms in total. The van der Waals surface area contributed by atoms with Gasteiger partial charge in [0.1, 0.15) is 23.7 Å². The molecule has 5 heteroatoms. The Kier molecular flexibility index (Phi) is 3.84. The normalized spacial score (nSPS) is 10.1. The fourth-order valence-corrected chi connectivity index (χ4v) is 2.12. The summed E-state index contributed by atoms with van der Waals surface area (Å²) in [6.45, 7) is 0.357. The number of ether oxygens (including phenoxy) is 2. The molecule has 0 unspecified atom stereocenters. The fourth-order valence-electron chi connectivity index (χ4n) is 1.46. The van der Waals surface area contributed by atoms with Gasteiger partial charge >= 0.3 is 5.97 Å². The SMILES string of the molecule is COc1ccc(OCc2ccsc2)c(C(=O)O)c1. The van der Waals surface area contributed by atoms with Gasteiger partial charge in [-0.25, -0.2) is 4.79 Å². The van der Waals surface area contributed by atoms with E-state index in [-0.39, 0.29) is 5.56 Å². The van der Waals surface area contributed by atoms with Crippen molar-refractivity contribution in [3.05, 3.63) is 46.2 Å². The number of hydrogen-bond acceptors (Lipinski definition) is 4. The van der Waals surface area contributed by atoms with Crippen molar-refractivity contribution in [2.45, 2.75) is 6.61 Å². The Bertz CT molecular complexity index is 534. The van der Waals surface area contributed by atoms with Crippen molar-refractivity contribution < 1.29 is 19.4 Å². The maximum absolute atomic E-state index is 11.1. The van der Waals surface area contributed by atoms with E-state index in [9.17, 15) is 4.79 Å². The smallest absolute Gasteiger partial charge is 0.339 e. The molecule has 0 bridgehead atoms. The average molecular weight is 264 g/mol. The molecule has 0 aliphatic rings. The number of carbonyl (C=O) groups is 1. The Morgan fingerprint density at radius 1 is 1.39 bits per heavy atom. The van der Waals surface area contributed by atoms with E-state index in [0.29, 0.717) is 18.1 Å². The van der Waals surface area contributed by atoms with Gasteiger partial charge in [0.15, 0.2) is 0 Å². The highest BCUT2D eigenvalue weighted by molar-refractivity contribution is 7.07. The van der Waals surface area contributed by atoms with E-state index in [0.717, 1.165) is 5.56 Å². The summed E-state index contributed by atoms with van der Waals surface area (Å²) in [5.41, 5.74) is 1.12. The van der Waals surface area contributed by atoms with Crippen LogP contribution >= 0.6 is 11.3 Å². The predicted octanol–water partition coefficient (Wildman–Crippen LogP) is 3.03. The van der Waals surface area contributed by atoms with Crippen LogP contribution in [0.1, 0.15) is 15.9 Å². The zero-order valence-corrected chi connectivity index (χ0v) is 10.6. The van der Waals surface area contributed by atoms with Gasteiger partial charge < -0.3 is 14.6 Å². The van der Waals surface area contributed by atoms with Crippen LogP contribution in [0.25, 0.3) is 0 Å². The van der Waals surface area contributed by atoms with Gasteiger partial charge in [-0.05, 0) is 40.6 Å². The minimum absolute atomic E-state index is 0.101. The summed E-state index contributed by atoms with van der Waals surface area (Å²) in [4.78, 5) is 11.1. The fraction of sp³-hybridized carbons (Fsp3) is 0.154. The van der Waals surface area contributed by atoms with Crippen LogP contribution in [0.4, 0.5) is 0 Å². The molecule has 1 aromatic carbocycles. The molecule has 94 valence electrons. The zero-order chi connectivity index (χ0) is 13.0. The predicted molar refractivity (Wildman–Crippen MR) is 68.6 cm³/mol. The molecular weight excluding hydrogens is 252 g/mol. The van der Waals surface area contributed by atoms with Crippen LogP contribution in [-0.4, -0.2) is 18.2 Å². The Balaban J connectivity index is 2.18. The second-order valence-electron chi connectivity index (χ2n) is 3.59. The number of methoxy groups -OCH3 is 1. The lowest BCUT2D eigenvalue weighted by Crippen LogP contribution is -2.03. The highest BCUT2D eigenvalue weighted by Gasteiger charge is 2.12. The number of benzene rings is 1. The van der Waals surface area contributed by atoms with Crippen molar-refractivity contribution >= 4 is 17.3 Å². The zero-order valence-electron chi connectivity index (χ0n) is 9.75. The first-order valence-corrected chi connectivity index (χ1v) is 6.20. The van der Waals surface area contributed by atoms with E-state index in [2.05, 4.69) is 0 Å². The van der Waals surface area contributed by atoms with Crippen molar-refractivity contribution in [2.24, 2.45) is 0 Å². The second kappa shape index (κ2) is 5.55. The van der Waals surface area contributed by atoms with Gasteiger partial charge in [-0.3, -0.25) is 0 Å². The highest BCUT2D eigenvalue weighted by Crippen LogP contribution is 2.25. The third-order valence-corrected chi connectivity index (χ3v) is 3.12. The highest BCUT2D eigenvalue weighted by atomic mass is 32.1. The Morgan fingerprint density at radius 2 is 2.22 bits per heavy atom. The third-order valence-electron chi connectivity index (χ3n) is 2.39. The Hall–Kier alpha value is -2.01. The van der Waals surface area contributed by atoms with E-state index < -0.39 is 5.97 Å². The number of rotatable bonds is 5. The molecule has 0 spiro atoms. The molecule has 2 aromatic rings. The third kappa shape index (κ3) is 2.81. The largest absolute Gasteiger partial charge is 0.497 e. The first-order valence-electron chi connectivity index (χ1n) is 5.26. The summed E-state index contributed by atoms with van der Waals surface area (Å²) in [6, 6.07) is 6.67. The lowest BCUT2D eigenvalue weighted by molar-refractivity contribution is 0.0691. The summed E-state index contributed by atoms with van der Waals surface area (Å²) >= 11 is 1.57. The summed E-state index contributed by atoms with van der Waals surface area (Å²) in [5.74, 6) is -0.195. The molecule has 0 saturated carbocycles. The average Bonchev–Trinajstić information content (AvgIpc) is 2.89. The van der Waals surface area contributed by atoms with E-state index in [4.69, 9.17) is 14.6 Å². The van der Waals surface area contributed by atoms with Gasteiger partial charge in [-0.2, -0.15) is 11.3 Å². The van der Waals surface area contributed by atoms with Crippen molar-refractivity contribution in [1.82, 2.24) is 0 Å². The maximum atomic E-state index is 11.1. The summed E-state index contributed by atoms with van der Waals surface area (Å²) in [6.07, 6.45) is 0. The molecule has 0 amide bonds. The van der Waals surface area contributed by atoms with Crippen LogP contribution in [0.15, 0.2) is 35.0 Å². The molecule has 0 radical (unpaired) electrons. The number of carboxylic acid groups (broad SMARTS) is 1. The molecule has 0 fully saturated rings. The van der Waals surface area contributed by atoms with E-state index in [1.165, 1.54) is 13.2 Å². The lowest BCUT2D eigenvalue weighted by atomic mass is 10.2. The number of carboxylic acids is 1. The minimum Gasteiger partial charge on any atom is -0.497 e. The molecule has 1 heterocycles. The van der Waals surface area contributed by atoms with Crippen molar-refractivity contribution in [3.8, 4) is 11.5 Å². The van der Waals surface area contributed by atoms with Crippen LogP contribution in [0, 0.1) is 0 Å². The molecule has 18 heavy (non-hydrogen) atoms. The monoisotopic (exact) mass is 264 g/mol. The second-order valence-corrected chi connectivity index (χ2v) is 4.37. The Labute approximate surface area is 108 Å². The van der Waals surface area contributed by atoms with E-state index in [1.54, 1.807) is 23.5 Å². The molecular formula is C13H12O4S. The molecule has 0 atom stereocenters. The Morgan fingerprint density at radius 3 is 2.83 bits per heavy atom. The van der Waals surface area contributed by atoms with Gasteiger partial charge in [0.05, 0.1) is 7.11 Å². The summed E-state index contributed by atoms with van der Waals surface area (Å²) in [7, 11) is 1.49. The van der Waals surface area contributed by atoms with Crippen LogP contribution in [0.5, 0.6) is 11.5 Å². The molecule has 0 aliphatic heterocycles. The maximum Gasteiger partial charge on any atom is 0.339 e. The molecule has 0 saturated heterocycles. The van der Waals surface area contributed by atoms with Gasteiger partial charge in [-0.1, -0.05) is 0 Å². The van der Waals surface area contributed by atoms with Gasteiger partial charge in [0.2, 0.25) is 0 Å². The van der Waals surface area contributed by atoms with Gasteiger partial charge in [0, 0.05) is 0 Å². The minimum atomic E-state index is -1.03. The molecule has 1 N–H and O–H groups in total. The van der Waals surface area contributed by atoms with Crippen LogP contribution in [0.2, 0.25) is 0 Å². The van der Waals surface area contributed by atoms with E-state index in [1.807, 2.05) is 16.8 Å². The van der Waals surface area contributed by atoms with Gasteiger partial charge in [0.25, 0.3) is 0 Å². The number of aromatic carboxylic acids is 1. The van der Waals surface area contributed by atoms with Crippen molar-refractivity contribution in [2.75, 3.05) is 7.11 Å². The lowest BCUT2D eigenvalue weighted by Gasteiger charge is -2.09. The topological polar surface area (TPSA) is 55.8 Å². The standard InChI is InChI=1S/C13H12O4S/c1-16-10-2-3-12(11(6-10)13(14)15)17-7-9-4-5-18-8-9/h2-6,8H,7H2,1H3,(H,14,15). The van der Waals surface area contributed by atoms with Crippen molar-refractivity contribution in [3.63, 3.8) is 0 Å².